The van der Waals surface area contributed by atoms with Crippen molar-refractivity contribution >= 4 is 11.0 Å². The van der Waals surface area contributed by atoms with Crippen LogP contribution in [0.3, 0.4) is 0 Å². The minimum absolute atomic E-state index is 0.589. The molecule has 2 aromatic heterocycles. The monoisotopic (exact) mass is 169 g/mol. The van der Waals surface area contributed by atoms with E-state index in [0.717, 1.165) is 16.6 Å². The first-order chi connectivity index (χ1) is 6.33. The smallest absolute Gasteiger partial charge is 0.101 e. The van der Waals surface area contributed by atoms with Gasteiger partial charge < -0.3 is 0 Å². The third-order valence-electron chi connectivity index (χ3n) is 2.00. The van der Waals surface area contributed by atoms with Crippen LogP contribution in [0, 0.1) is 18.3 Å². The summed E-state index contributed by atoms with van der Waals surface area (Å²) in [5.74, 6) is 0. The molecular formula is C10H7N3. The van der Waals surface area contributed by atoms with Crippen molar-refractivity contribution in [3.05, 3.63) is 35.7 Å². The van der Waals surface area contributed by atoms with Gasteiger partial charge in [0.1, 0.15) is 6.07 Å². The van der Waals surface area contributed by atoms with Gasteiger partial charge >= 0.3 is 0 Å². The Bertz CT molecular complexity index is 497. The SMILES string of the molecule is Cc1c(C#N)cnc2cccnc12. The van der Waals surface area contributed by atoms with Crippen LogP contribution >= 0.6 is 0 Å². The van der Waals surface area contributed by atoms with Gasteiger partial charge in [-0.1, -0.05) is 0 Å². The average Bonchev–Trinajstić information content (AvgIpc) is 2.19. The van der Waals surface area contributed by atoms with Gasteiger partial charge in [0.25, 0.3) is 0 Å². The highest BCUT2D eigenvalue weighted by atomic mass is 14.7. The Balaban J connectivity index is 2.89. The highest BCUT2D eigenvalue weighted by molar-refractivity contribution is 5.79. The molecule has 0 unspecified atom stereocenters. The summed E-state index contributed by atoms with van der Waals surface area (Å²) < 4.78 is 0. The molecule has 0 aliphatic rings. The molecule has 2 rings (SSSR count). The lowest BCUT2D eigenvalue weighted by Gasteiger charge is -2.00. The van der Waals surface area contributed by atoms with E-state index in [1.807, 2.05) is 19.1 Å². The number of hydrogen-bond donors (Lipinski definition) is 0. The van der Waals surface area contributed by atoms with Crippen LogP contribution in [0.1, 0.15) is 11.1 Å². The summed E-state index contributed by atoms with van der Waals surface area (Å²) in [5, 5.41) is 8.76. The first kappa shape index (κ1) is 7.69. The molecule has 0 spiro atoms. The third kappa shape index (κ3) is 1.13. The summed E-state index contributed by atoms with van der Waals surface area (Å²) in [6, 6.07) is 5.80. The maximum atomic E-state index is 8.76. The number of pyridine rings is 2. The number of hydrogen-bond acceptors (Lipinski definition) is 3. The Labute approximate surface area is 75.7 Å². The Morgan fingerprint density at radius 3 is 3.00 bits per heavy atom. The molecular weight excluding hydrogens is 162 g/mol. The molecule has 0 fully saturated rings. The summed E-state index contributed by atoms with van der Waals surface area (Å²) in [5.41, 5.74) is 3.12. The van der Waals surface area contributed by atoms with E-state index >= 15 is 0 Å². The van der Waals surface area contributed by atoms with E-state index in [4.69, 9.17) is 5.26 Å². The molecule has 0 bridgehead atoms. The van der Waals surface area contributed by atoms with Crippen LogP contribution in [0.15, 0.2) is 24.5 Å². The highest BCUT2D eigenvalue weighted by Crippen LogP contribution is 2.15. The zero-order valence-electron chi connectivity index (χ0n) is 7.15. The number of fused-ring (bicyclic) bond motifs is 1. The molecule has 0 aliphatic heterocycles. The summed E-state index contributed by atoms with van der Waals surface area (Å²) in [4.78, 5) is 8.30. The third-order valence-corrected chi connectivity index (χ3v) is 2.00. The van der Waals surface area contributed by atoms with Gasteiger partial charge in [-0.3, -0.25) is 9.97 Å². The number of aryl methyl sites for hydroxylation is 1. The van der Waals surface area contributed by atoms with Crippen molar-refractivity contribution in [2.75, 3.05) is 0 Å². The van der Waals surface area contributed by atoms with E-state index in [1.165, 1.54) is 0 Å². The van der Waals surface area contributed by atoms with Gasteiger partial charge in [-0.2, -0.15) is 5.26 Å². The van der Waals surface area contributed by atoms with E-state index in [9.17, 15) is 0 Å². The summed E-state index contributed by atoms with van der Waals surface area (Å²) in [7, 11) is 0. The predicted molar refractivity (Wildman–Crippen MR) is 49.0 cm³/mol. The molecule has 2 aromatic rings. The van der Waals surface area contributed by atoms with Gasteiger partial charge in [0, 0.05) is 12.4 Å². The van der Waals surface area contributed by atoms with Gasteiger partial charge in [0.15, 0.2) is 0 Å². The molecule has 0 aromatic carbocycles. The summed E-state index contributed by atoms with van der Waals surface area (Å²) >= 11 is 0. The molecule has 62 valence electrons. The fraction of sp³-hybridized carbons (Fsp3) is 0.100. The minimum atomic E-state index is 0.589. The largest absolute Gasteiger partial charge is 0.254 e. The first-order valence-corrected chi connectivity index (χ1v) is 3.93. The van der Waals surface area contributed by atoms with E-state index in [0.29, 0.717) is 5.56 Å². The normalized spacial score (nSPS) is 9.85. The highest BCUT2D eigenvalue weighted by Gasteiger charge is 2.03. The maximum absolute atomic E-state index is 8.76. The zero-order valence-corrected chi connectivity index (χ0v) is 7.15. The molecule has 0 saturated carbocycles. The second-order valence-electron chi connectivity index (χ2n) is 2.78. The molecule has 13 heavy (non-hydrogen) atoms. The number of rotatable bonds is 0. The fourth-order valence-corrected chi connectivity index (χ4v) is 1.26. The standard InChI is InChI=1S/C10H7N3/c1-7-8(5-11)6-13-9-3-2-4-12-10(7)9/h2-4,6H,1H3. The van der Waals surface area contributed by atoms with Crippen LogP contribution in [-0.4, -0.2) is 9.97 Å². The number of aromatic nitrogens is 2. The molecule has 2 heterocycles. The molecule has 0 radical (unpaired) electrons. The van der Waals surface area contributed by atoms with Crippen LogP contribution in [0.25, 0.3) is 11.0 Å². The van der Waals surface area contributed by atoms with Crippen LogP contribution in [-0.2, 0) is 0 Å². The Morgan fingerprint density at radius 2 is 2.23 bits per heavy atom. The maximum Gasteiger partial charge on any atom is 0.101 e. The molecule has 0 saturated heterocycles. The lowest BCUT2D eigenvalue weighted by molar-refractivity contribution is 1.27. The van der Waals surface area contributed by atoms with Crippen molar-refractivity contribution in [3.63, 3.8) is 0 Å². The first-order valence-electron chi connectivity index (χ1n) is 3.93. The number of nitrogens with zero attached hydrogens (tertiary/aromatic N) is 3. The van der Waals surface area contributed by atoms with E-state index < -0.39 is 0 Å². The van der Waals surface area contributed by atoms with Gasteiger partial charge in [-0.25, -0.2) is 0 Å². The van der Waals surface area contributed by atoms with E-state index in [2.05, 4.69) is 16.0 Å². The van der Waals surface area contributed by atoms with Crippen molar-refractivity contribution < 1.29 is 0 Å². The summed E-state index contributed by atoms with van der Waals surface area (Å²) in [6.07, 6.45) is 3.29. The predicted octanol–water partition coefficient (Wildman–Crippen LogP) is 1.81. The lowest BCUT2D eigenvalue weighted by Crippen LogP contribution is -1.90. The molecule has 0 N–H and O–H groups in total. The van der Waals surface area contributed by atoms with Crippen LogP contribution in [0.5, 0.6) is 0 Å². The number of nitriles is 1. The quantitative estimate of drug-likeness (QED) is 0.604. The lowest BCUT2D eigenvalue weighted by atomic mass is 10.1. The molecule has 0 atom stereocenters. The van der Waals surface area contributed by atoms with Crippen molar-refractivity contribution in [3.8, 4) is 6.07 Å². The Kier molecular flexibility index (Phi) is 1.67. The van der Waals surface area contributed by atoms with Crippen molar-refractivity contribution in [2.45, 2.75) is 6.92 Å². The van der Waals surface area contributed by atoms with E-state index in [1.54, 1.807) is 12.4 Å². The van der Waals surface area contributed by atoms with Gasteiger partial charge in [0.2, 0.25) is 0 Å². The van der Waals surface area contributed by atoms with Crippen LogP contribution in [0.2, 0.25) is 0 Å². The van der Waals surface area contributed by atoms with Gasteiger partial charge in [-0.05, 0) is 24.6 Å². The summed E-state index contributed by atoms with van der Waals surface area (Å²) in [6.45, 7) is 1.88. The Hall–Kier alpha value is -1.95. The fourth-order valence-electron chi connectivity index (χ4n) is 1.26. The zero-order chi connectivity index (χ0) is 9.26. The van der Waals surface area contributed by atoms with Crippen LogP contribution < -0.4 is 0 Å². The van der Waals surface area contributed by atoms with Crippen molar-refractivity contribution in [1.29, 1.82) is 5.26 Å². The van der Waals surface area contributed by atoms with Crippen molar-refractivity contribution in [1.82, 2.24) is 9.97 Å². The topological polar surface area (TPSA) is 49.6 Å². The van der Waals surface area contributed by atoms with Crippen molar-refractivity contribution in [2.24, 2.45) is 0 Å². The molecule has 3 nitrogen and oxygen atoms in total. The van der Waals surface area contributed by atoms with Gasteiger partial charge in [-0.15, -0.1) is 0 Å². The second-order valence-corrected chi connectivity index (χ2v) is 2.78. The van der Waals surface area contributed by atoms with Crippen LogP contribution in [0.4, 0.5) is 0 Å². The molecule has 0 amide bonds. The Morgan fingerprint density at radius 1 is 1.38 bits per heavy atom. The molecule has 0 aliphatic carbocycles. The molecule has 3 heteroatoms. The second kappa shape index (κ2) is 2.83. The van der Waals surface area contributed by atoms with E-state index in [-0.39, 0.29) is 0 Å². The average molecular weight is 169 g/mol. The van der Waals surface area contributed by atoms with Gasteiger partial charge in [0.05, 0.1) is 16.6 Å². The minimum Gasteiger partial charge on any atom is -0.254 e.